The van der Waals surface area contributed by atoms with Gasteiger partial charge in [0.2, 0.25) is 5.91 Å². The molecule has 3 fully saturated rings. The van der Waals surface area contributed by atoms with E-state index in [1.165, 1.54) is 4.90 Å². The van der Waals surface area contributed by atoms with Crippen molar-refractivity contribution < 1.29 is 33.7 Å². The molecule has 3 heterocycles. The Kier molecular flexibility index (Phi) is 8.81. The summed E-state index contributed by atoms with van der Waals surface area (Å²) < 4.78 is 17.5. The van der Waals surface area contributed by atoms with Crippen molar-refractivity contribution in [3.63, 3.8) is 0 Å². The maximum Gasteiger partial charge on any atom is 0.312 e. The van der Waals surface area contributed by atoms with Crippen LogP contribution in [0, 0.1) is 11.8 Å². The molecule has 0 aromatic heterocycles. The lowest BCUT2D eigenvalue weighted by Gasteiger charge is -2.36. The number of hydrogen-bond acceptors (Lipinski definition) is 7. The van der Waals surface area contributed by atoms with Crippen molar-refractivity contribution in [1.29, 1.82) is 0 Å². The fourth-order valence-electron chi connectivity index (χ4n) is 6.56. The van der Waals surface area contributed by atoms with Gasteiger partial charge in [-0.3, -0.25) is 14.4 Å². The Morgan fingerprint density at radius 3 is 2.56 bits per heavy atom. The molecule has 1 spiro atoms. The molecule has 1 aromatic carbocycles. The molecule has 2 bridgehead atoms. The van der Waals surface area contributed by atoms with Gasteiger partial charge in [-0.15, -0.1) is 13.2 Å². The second kappa shape index (κ2) is 11.9. The molecule has 0 radical (unpaired) electrons. The number of aliphatic hydroxyl groups excluding tert-OH is 1. The summed E-state index contributed by atoms with van der Waals surface area (Å²) in [5, 5.41) is 9.56. The number of unbranched alkanes of at least 4 members (excludes halogenated alkanes) is 2. The Morgan fingerprint density at radius 1 is 1.18 bits per heavy atom. The van der Waals surface area contributed by atoms with E-state index < -0.39 is 35.0 Å². The van der Waals surface area contributed by atoms with Crippen LogP contribution in [-0.2, 0) is 23.9 Å². The van der Waals surface area contributed by atoms with Crippen LogP contribution in [0.1, 0.15) is 45.4 Å². The minimum Gasteiger partial charge on any atom is -0.497 e. The highest BCUT2D eigenvalue weighted by Crippen LogP contribution is 2.63. The molecule has 0 aliphatic carbocycles. The number of hydrogen-bond donors (Lipinski definition) is 1. The number of allylic oxidation sites excluding steroid dienone is 1. The summed E-state index contributed by atoms with van der Waals surface area (Å²) in [5.74, 6) is -2.04. The first-order valence-corrected chi connectivity index (χ1v) is 13.7. The third-order valence-corrected chi connectivity index (χ3v) is 8.33. The number of ether oxygens (including phenoxy) is 3. The Hall–Kier alpha value is -3.17. The third-order valence-electron chi connectivity index (χ3n) is 8.33. The van der Waals surface area contributed by atoms with E-state index in [2.05, 4.69) is 13.2 Å². The molecule has 5 atom stereocenters. The topological polar surface area (TPSA) is 106 Å². The summed E-state index contributed by atoms with van der Waals surface area (Å²) >= 11 is 0. The van der Waals surface area contributed by atoms with Gasteiger partial charge in [0.15, 0.2) is 0 Å². The van der Waals surface area contributed by atoms with Crippen LogP contribution < -0.4 is 9.64 Å². The predicted molar refractivity (Wildman–Crippen MR) is 146 cm³/mol. The van der Waals surface area contributed by atoms with Gasteiger partial charge in [-0.25, -0.2) is 0 Å². The van der Waals surface area contributed by atoms with Crippen molar-refractivity contribution >= 4 is 23.5 Å². The van der Waals surface area contributed by atoms with Gasteiger partial charge in [-0.2, -0.15) is 0 Å². The number of nitrogens with zero attached hydrogens (tertiary/aromatic N) is 2. The number of likely N-dealkylation sites (tertiary alicyclic amines) is 1. The van der Waals surface area contributed by atoms with E-state index in [0.717, 1.165) is 12.8 Å². The van der Waals surface area contributed by atoms with E-state index in [1.54, 1.807) is 42.4 Å². The van der Waals surface area contributed by atoms with Crippen molar-refractivity contribution in [2.75, 3.05) is 38.3 Å². The number of esters is 1. The number of amides is 2. The number of anilines is 1. The molecule has 3 aliphatic rings. The lowest BCUT2D eigenvalue weighted by molar-refractivity contribution is -0.159. The van der Waals surface area contributed by atoms with Gasteiger partial charge in [0.1, 0.15) is 23.3 Å². The number of aliphatic hydroxyl groups is 1. The van der Waals surface area contributed by atoms with Crippen molar-refractivity contribution in [3.05, 3.63) is 49.6 Å². The van der Waals surface area contributed by atoms with Crippen LogP contribution in [0.25, 0.3) is 0 Å². The molecule has 9 heteroatoms. The van der Waals surface area contributed by atoms with Crippen LogP contribution in [0.3, 0.4) is 0 Å². The first-order valence-electron chi connectivity index (χ1n) is 13.7. The SMILES string of the molecule is C=CCCCCOC(=O)[C@@H]1[C@H]2C(=O)N(CCCO)C(C(=O)N(CC=C)c3ccc(OC)cc3)C23CC[C@@]1(C)O3. The summed E-state index contributed by atoms with van der Waals surface area (Å²) in [7, 11) is 1.57. The van der Waals surface area contributed by atoms with E-state index in [1.807, 2.05) is 13.0 Å². The number of fused-ring (bicyclic) bond motifs is 1. The Balaban J connectivity index is 1.67. The van der Waals surface area contributed by atoms with Crippen molar-refractivity contribution in [2.24, 2.45) is 11.8 Å². The van der Waals surface area contributed by atoms with Gasteiger partial charge in [-0.1, -0.05) is 12.2 Å². The van der Waals surface area contributed by atoms with Gasteiger partial charge >= 0.3 is 5.97 Å². The smallest absolute Gasteiger partial charge is 0.312 e. The summed E-state index contributed by atoms with van der Waals surface area (Å²) in [4.78, 5) is 44.9. The standard InChI is InChI=1S/C30H40N2O7/c1-5-7-8-9-20-38-28(36)24-23-26(34)32(18-10-19-33)25(30(23)16-15-29(24,3)39-30)27(35)31(17-6-2)21-11-13-22(37-4)14-12-21/h5-6,11-14,23-25,33H,1-2,7-10,15-20H2,3-4H3/t23-,24-,25?,29+,30?/m0/s1. The Bertz CT molecular complexity index is 1090. The van der Waals surface area contributed by atoms with Crippen molar-refractivity contribution in [2.45, 2.75) is 62.7 Å². The van der Waals surface area contributed by atoms with Gasteiger partial charge in [0.05, 0.1) is 25.2 Å². The molecular formula is C30H40N2O7. The zero-order valence-corrected chi connectivity index (χ0v) is 23.0. The van der Waals surface area contributed by atoms with Crippen LogP contribution in [-0.4, -0.2) is 78.4 Å². The van der Waals surface area contributed by atoms with E-state index in [4.69, 9.17) is 14.2 Å². The van der Waals surface area contributed by atoms with Crippen LogP contribution >= 0.6 is 0 Å². The normalized spacial score (nSPS) is 28.7. The van der Waals surface area contributed by atoms with Gasteiger partial charge in [-0.05, 0) is 69.7 Å². The lowest BCUT2D eigenvalue weighted by Crippen LogP contribution is -2.56. The average molecular weight is 541 g/mol. The van der Waals surface area contributed by atoms with Crippen molar-refractivity contribution in [1.82, 2.24) is 4.90 Å². The average Bonchev–Trinajstić information content (AvgIpc) is 3.50. The number of rotatable bonds is 14. The summed E-state index contributed by atoms with van der Waals surface area (Å²) in [6.45, 7) is 9.91. The molecule has 2 amide bonds. The number of carbonyl (C=O) groups excluding carboxylic acids is 3. The quantitative estimate of drug-likeness (QED) is 0.219. The molecule has 9 nitrogen and oxygen atoms in total. The highest BCUT2D eigenvalue weighted by Gasteiger charge is 2.78. The predicted octanol–water partition coefficient (Wildman–Crippen LogP) is 3.26. The maximum atomic E-state index is 14.4. The van der Waals surface area contributed by atoms with E-state index >= 15 is 0 Å². The molecule has 39 heavy (non-hydrogen) atoms. The van der Waals surface area contributed by atoms with Crippen molar-refractivity contribution in [3.8, 4) is 5.75 Å². The van der Waals surface area contributed by atoms with Gasteiger partial charge in [0, 0.05) is 25.4 Å². The van der Waals surface area contributed by atoms with Crippen LogP contribution in [0.2, 0.25) is 0 Å². The Labute approximate surface area is 230 Å². The van der Waals surface area contributed by atoms with Crippen LogP contribution in [0.5, 0.6) is 5.75 Å². The fraction of sp³-hybridized carbons (Fsp3) is 0.567. The van der Waals surface area contributed by atoms with E-state index in [-0.39, 0.29) is 38.1 Å². The van der Waals surface area contributed by atoms with Crippen LogP contribution in [0.4, 0.5) is 5.69 Å². The Morgan fingerprint density at radius 2 is 1.92 bits per heavy atom. The molecule has 212 valence electrons. The zero-order chi connectivity index (χ0) is 28.2. The first-order chi connectivity index (χ1) is 18.8. The first kappa shape index (κ1) is 28.8. The molecule has 0 saturated carbocycles. The number of carbonyl (C=O) groups is 3. The second-order valence-electron chi connectivity index (χ2n) is 10.7. The summed E-state index contributed by atoms with van der Waals surface area (Å²) in [6.07, 6.45) is 7.17. The zero-order valence-electron chi connectivity index (χ0n) is 23.0. The van der Waals surface area contributed by atoms with E-state index in [0.29, 0.717) is 37.1 Å². The minimum atomic E-state index is -1.16. The monoisotopic (exact) mass is 540 g/mol. The van der Waals surface area contributed by atoms with E-state index in [9.17, 15) is 19.5 Å². The minimum absolute atomic E-state index is 0.133. The molecule has 2 unspecified atom stereocenters. The highest BCUT2D eigenvalue weighted by molar-refractivity contribution is 6.04. The highest BCUT2D eigenvalue weighted by atomic mass is 16.6. The number of benzene rings is 1. The van der Waals surface area contributed by atoms with Gasteiger partial charge < -0.3 is 29.1 Å². The molecule has 4 rings (SSSR count). The molecule has 1 N–H and O–H groups in total. The van der Waals surface area contributed by atoms with Gasteiger partial charge in [0.25, 0.3) is 5.91 Å². The summed E-state index contributed by atoms with van der Waals surface area (Å²) in [5.41, 5.74) is -1.43. The molecular weight excluding hydrogens is 500 g/mol. The maximum absolute atomic E-state index is 14.4. The lowest BCUT2D eigenvalue weighted by atomic mass is 9.66. The number of methoxy groups -OCH3 is 1. The summed E-state index contributed by atoms with van der Waals surface area (Å²) in [6, 6.07) is 6.15. The molecule has 3 aliphatic heterocycles. The third kappa shape index (κ3) is 5.10. The second-order valence-corrected chi connectivity index (χ2v) is 10.7. The largest absolute Gasteiger partial charge is 0.497 e. The fourth-order valence-corrected chi connectivity index (χ4v) is 6.56. The van der Waals surface area contributed by atoms with Crippen LogP contribution in [0.15, 0.2) is 49.6 Å². The molecule has 1 aromatic rings. The molecule has 3 saturated heterocycles.